The third kappa shape index (κ3) is 5.60. The fourth-order valence-corrected chi connectivity index (χ4v) is 6.27. The third-order valence-corrected chi connectivity index (χ3v) is 8.37. The van der Waals surface area contributed by atoms with E-state index in [1.54, 1.807) is 24.3 Å². The van der Waals surface area contributed by atoms with E-state index in [4.69, 9.17) is 9.47 Å². The van der Waals surface area contributed by atoms with Crippen molar-refractivity contribution in [2.75, 3.05) is 30.0 Å². The molecule has 0 aromatic heterocycles. The SMILES string of the molecule is COC(=O)COC1(CCC(C)C)C(=O)C(C2=NS(=O)(=O)c3cc(NS(C)(=O)=O)ccc3N2)=C(O)c2ccccc21. The predicted octanol–water partition coefficient (Wildman–Crippen LogP) is 2.94. The van der Waals surface area contributed by atoms with E-state index in [0.717, 1.165) is 12.3 Å². The number of esters is 1. The van der Waals surface area contributed by atoms with Crippen molar-refractivity contribution in [3.8, 4) is 0 Å². The van der Waals surface area contributed by atoms with Gasteiger partial charge in [0.2, 0.25) is 15.8 Å². The van der Waals surface area contributed by atoms with Gasteiger partial charge in [0.15, 0.2) is 11.4 Å². The predicted molar refractivity (Wildman–Crippen MR) is 148 cm³/mol. The lowest BCUT2D eigenvalue weighted by Crippen LogP contribution is -2.47. The van der Waals surface area contributed by atoms with E-state index < -0.39 is 61.2 Å². The molecule has 2 aromatic rings. The van der Waals surface area contributed by atoms with Crippen LogP contribution in [-0.4, -0.2) is 59.5 Å². The molecule has 0 radical (unpaired) electrons. The van der Waals surface area contributed by atoms with Crippen molar-refractivity contribution in [1.29, 1.82) is 0 Å². The Bertz CT molecular complexity index is 1660. The van der Waals surface area contributed by atoms with Crippen LogP contribution in [-0.2, 0) is 44.7 Å². The molecule has 1 aliphatic heterocycles. The number of hydrogen-bond donors (Lipinski definition) is 3. The van der Waals surface area contributed by atoms with E-state index in [9.17, 15) is 31.5 Å². The Balaban J connectivity index is 1.87. The second-order valence-corrected chi connectivity index (χ2v) is 13.2. The Morgan fingerprint density at radius 3 is 2.55 bits per heavy atom. The molecule has 1 heterocycles. The fraction of sp³-hybridized carbons (Fsp3) is 0.346. The first kappa shape index (κ1) is 29.2. The Hall–Kier alpha value is -3.75. The van der Waals surface area contributed by atoms with Crippen molar-refractivity contribution in [3.63, 3.8) is 0 Å². The van der Waals surface area contributed by atoms with Crippen LogP contribution in [0.1, 0.15) is 37.8 Å². The highest BCUT2D eigenvalue weighted by Gasteiger charge is 2.51. The van der Waals surface area contributed by atoms with Gasteiger partial charge in [0, 0.05) is 16.8 Å². The number of rotatable bonds is 9. The van der Waals surface area contributed by atoms with Crippen molar-refractivity contribution >= 4 is 54.8 Å². The Labute approximate surface area is 232 Å². The number of fused-ring (bicyclic) bond motifs is 2. The first-order chi connectivity index (χ1) is 18.7. The second kappa shape index (κ2) is 10.7. The van der Waals surface area contributed by atoms with Crippen LogP contribution in [0.3, 0.4) is 0 Å². The quantitative estimate of drug-likeness (QED) is 0.367. The highest BCUT2D eigenvalue weighted by molar-refractivity contribution is 7.92. The smallest absolute Gasteiger partial charge is 0.331 e. The molecule has 40 heavy (non-hydrogen) atoms. The average Bonchev–Trinajstić information content (AvgIpc) is 2.87. The lowest BCUT2D eigenvalue weighted by atomic mass is 9.73. The van der Waals surface area contributed by atoms with Gasteiger partial charge >= 0.3 is 5.97 Å². The standard InChI is InChI=1S/C26H29N3O9S2/c1-15(2)11-12-26(38-14-21(30)37-3)18-8-6-5-7-17(18)23(31)22(24(26)32)25-27-19-10-9-16(28-39(4,33)34)13-20(19)40(35,36)29-25/h5-10,13,15,28,31H,11-12,14H2,1-4H3,(H,27,29). The Kier molecular flexibility index (Phi) is 7.80. The van der Waals surface area contributed by atoms with Crippen LogP contribution in [0, 0.1) is 5.92 Å². The van der Waals surface area contributed by atoms with Gasteiger partial charge in [0.05, 0.1) is 19.1 Å². The summed E-state index contributed by atoms with van der Waals surface area (Å²) in [5.41, 5.74) is -1.64. The molecular weight excluding hydrogens is 562 g/mol. The van der Waals surface area contributed by atoms with E-state index in [0.29, 0.717) is 12.0 Å². The molecule has 14 heteroatoms. The summed E-state index contributed by atoms with van der Waals surface area (Å²) in [6, 6.07) is 10.2. The summed E-state index contributed by atoms with van der Waals surface area (Å²) < 4.78 is 66.4. The number of aliphatic hydroxyl groups excluding tert-OH is 1. The zero-order chi connectivity index (χ0) is 29.5. The van der Waals surface area contributed by atoms with Crippen LogP contribution in [0.4, 0.5) is 11.4 Å². The number of Topliss-reactive ketones (excluding diaryl/α,β-unsaturated/α-hetero) is 1. The molecule has 12 nitrogen and oxygen atoms in total. The second-order valence-electron chi connectivity index (χ2n) is 9.85. The molecule has 1 unspecified atom stereocenters. The van der Waals surface area contributed by atoms with Crippen molar-refractivity contribution < 1.29 is 41.0 Å². The minimum Gasteiger partial charge on any atom is -0.506 e. The van der Waals surface area contributed by atoms with Crippen molar-refractivity contribution in [2.24, 2.45) is 10.3 Å². The lowest BCUT2D eigenvalue weighted by molar-refractivity contribution is -0.160. The van der Waals surface area contributed by atoms with Gasteiger partial charge < -0.3 is 19.9 Å². The number of sulfonamides is 2. The van der Waals surface area contributed by atoms with Crippen LogP contribution in [0.15, 0.2) is 57.3 Å². The maximum absolute atomic E-state index is 14.3. The number of carbonyl (C=O) groups excluding carboxylic acids is 2. The summed E-state index contributed by atoms with van der Waals surface area (Å²) in [6.07, 6.45) is 1.53. The average molecular weight is 592 g/mol. The van der Waals surface area contributed by atoms with Crippen LogP contribution >= 0.6 is 0 Å². The normalized spacial score (nSPS) is 19.8. The summed E-state index contributed by atoms with van der Waals surface area (Å²) in [4.78, 5) is 26.0. The molecule has 2 aromatic carbocycles. The molecule has 1 atom stereocenters. The van der Waals surface area contributed by atoms with Crippen LogP contribution in [0.25, 0.3) is 5.76 Å². The molecule has 214 valence electrons. The van der Waals surface area contributed by atoms with Crippen molar-refractivity contribution in [1.82, 2.24) is 0 Å². The highest BCUT2D eigenvalue weighted by Crippen LogP contribution is 2.45. The molecule has 0 spiro atoms. The summed E-state index contributed by atoms with van der Waals surface area (Å²) >= 11 is 0. The van der Waals surface area contributed by atoms with E-state index in [2.05, 4.69) is 14.4 Å². The molecule has 3 N–H and O–H groups in total. The van der Waals surface area contributed by atoms with Crippen LogP contribution in [0.5, 0.6) is 0 Å². The Morgan fingerprint density at radius 1 is 1.20 bits per heavy atom. The first-order valence-corrected chi connectivity index (χ1v) is 15.5. The number of nitrogens with zero attached hydrogens (tertiary/aromatic N) is 1. The zero-order valence-electron chi connectivity index (χ0n) is 22.2. The number of carbonyl (C=O) groups is 2. The number of ether oxygens (including phenoxy) is 2. The van der Waals surface area contributed by atoms with Gasteiger partial charge in [0.1, 0.15) is 22.8 Å². The number of aliphatic hydroxyl groups is 1. The van der Waals surface area contributed by atoms with Gasteiger partial charge in [-0.1, -0.05) is 38.1 Å². The number of ketones is 1. The number of benzene rings is 2. The summed E-state index contributed by atoms with van der Waals surface area (Å²) in [5.74, 6) is -2.33. The highest BCUT2D eigenvalue weighted by atomic mass is 32.2. The number of amidine groups is 1. The molecule has 0 bridgehead atoms. The number of anilines is 2. The van der Waals surface area contributed by atoms with Gasteiger partial charge in [0.25, 0.3) is 10.0 Å². The lowest BCUT2D eigenvalue weighted by Gasteiger charge is -2.39. The van der Waals surface area contributed by atoms with E-state index in [1.165, 1.54) is 19.2 Å². The number of hydrogen-bond acceptors (Lipinski definition) is 10. The summed E-state index contributed by atoms with van der Waals surface area (Å²) in [6.45, 7) is 3.33. The van der Waals surface area contributed by atoms with Crippen molar-refractivity contribution in [2.45, 2.75) is 37.2 Å². The fourth-order valence-electron chi connectivity index (χ4n) is 4.57. The van der Waals surface area contributed by atoms with Gasteiger partial charge in [-0.2, -0.15) is 8.42 Å². The molecule has 0 fully saturated rings. The topological polar surface area (TPSA) is 178 Å². The monoisotopic (exact) mass is 591 g/mol. The minimum atomic E-state index is -4.46. The first-order valence-electron chi connectivity index (χ1n) is 12.2. The largest absolute Gasteiger partial charge is 0.506 e. The van der Waals surface area contributed by atoms with Crippen LogP contribution < -0.4 is 10.0 Å². The molecule has 4 rings (SSSR count). The summed E-state index contributed by atoms with van der Waals surface area (Å²) in [7, 11) is -6.96. The number of nitrogens with one attached hydrogen (secondary N) is 2. The van der Waals surface area contributed by atoms with Crippen molar-refractivity contribution in [3.05, 3.63) is 59.2 Å². The van der Waals surface area contributed by atoms with E-state index in [1.807, 2.05) is 13.8 Å². The van der Waals surface area contributed by atoms with Gasteiger partial charge in [-0.25, -0.2) is 13.2 Å². The molecule has 1 aliphatic carbocycles. The van der Waals surface area contributed by atoms with E-state index >= 15 is 0 Å². The van der Waals surface area contributed by atoms with E-state index in [-0.39, 0.29) is 34.2 Å². The van der Waals surface area contributed by atoms with Crippen LogP contribution in [0.2, 0.25) is 0 Å². The maximum atomic E-state index is 14.3. The zero-order valence-corrected chi connectivity index (χ0v) is 23.9. The molecule has 0 saturated heterocycles. The van der Waals surface area contributed by atoms with Gasteiger partial charge in [-0.05, 0) is 37.0 Å². The summed E-state index contributed by atoms with van der Waals surface area (Å²) in [5, 5.41) is 14.1. The van der Waals surface area contributed by atoms with Gasteiger partial charge in [-0.15, -0.1) is 4.40 Å². The molecule has 0 saturated carbocycles. The molecule has 2 aliphatic rings. The third-order valence-electron chi connectivity index (χ3n) is 6.45. The molecular formula is C26H29N3O9S2. The Morgan fingerprint density at radius 2 is 1.90 bits per heavy atom. The number of methoxy groups -OCH3 is 1. The van der Waals surface area contributed by atoms with Gasteiger partial charge in [-0.3, -0.25) is 9.52 Å². The maximum Gasteiger partial charge on any atom is 0.331 e. The molecule has 0 amide bonds. The minimum absolute atomic E-state index is 0.000999.